The topological polar surface area (TPSA) is 17.8 Å². The number of aryl methyl sites for hydroxylation is 1. The minimum atomic E-state index is 0.0974. The van der Waals surface area contributed by atoms with Gasteiger partial charge in [-0.3, -0.25) is 0 Å². The van der Waals surface area contributed by atoms with Crippen LogP contribution in [0.4, 0.5) is 0 Å². The lowest BCUT2D eigenvalue weighted by atomic mass is 10.1. The third kappa shape index (κ3) is 1.31. The highest BCUT2D eigenvalue weighted by molar-refractivity contribution is 5.76. The molecule has 2 heteroatoms. The first-order valence-corrected chi connectivity index (χ1v) is 4.95. The summed E-state index contributed by atoms with van der Waals surface area (Å²) in [5.41, 5.74) is 2.40. The van der Waals surface area contributed by atoms with E-state index < -0.39 is 0 Å². The van der Waals surface area contributed by atoms with E-state index in [0.29, 0.717) is 0 Å². The van der Waals surface area contributed by atoms with Crippen LogP contribution in [0.2, 0.25) is 0 Å². The number of para-hydroxylation sites is 2. The largest absolute Gasteiger partial charge is 0.323 e. The van der Waals surface area contributed by atoms with Crippen LogP contribution in [0.1, 0.15) is 26.6 Å². The Morgan fingerprint density at radius 1 is 1.14 bits per heavy atom. The zero-order valence-corrected chi connectivity index (χ0v) is 9.20. The molecule has 0 unspecified atom stereocenters. The van der Waals surface area contributed by atoms with Gasteiger partial charge in [-0.25, -0.2) is 4.98 Å². The van der Waals surface area contributed by atoms with Gasteiger partial charge in [-0.1, -0.05) is 12.1 Å². The van der Waals surface area contributed by atoms with E-state index in [1.54, 1.807) is 0 Å². The first kappa shape index (κ1) is 9.25. The van der Waals surface area contributed by atoms with Crippen molar-refractivity contribution in [1.82, 2.24) is 9.55 Å². The molecular weight excluding hydrogens is 172 g/mol. The fourth-order valence-corrected chi connectivity index (χ4v) is 1.99. The molecule has 0 bridgehead atoms. The molecule has 0 N–H and O–H groups in total. The SMILES string of the molecule is Cc1nc2ccccc2n1C(C)(C)C. The Morgan fingerprint density at radius 3 is 2.43 bits per heavy atom. The van der Waals surface area contributed by atoms with Crippen molar-refractivity contribution in [2.45, 2.75) is 33.2 Å². The van der Waals surface area contributed by atoms with E-state index in [0.717, 1.165) is 11.3 Å². The third-order valence-corrected chi connectivity index (χ3v) is 2.40. The molecule has 2 rings (SSSR count). The minimum absolute atomic E-state index is 0.0974. The molecule has 2 aromatic rings. The maximum atomic E-state index is 4.54. The molecule has 1 aromatic heterocycles. The number of imidazole rings is 1. The Kier molecular flexibility index (Phi) is 1.88. The minimum Gasteiger partial charge on any atom is -0.323 e. The van der Waals surface area contributed by atoms with Gasteiger partial charge >= 0.3 is 0 Å². The van der Waals surface area contributed by atoms with E-state index in [-0.39, 0.29) is 5.54 Å². The van der Waals surface area contributed by atoms with Gasteiger partial charge < -0.3 is 4.57 Å². The Hall–Kier alpha value is -1.31. The highest BCUT2D eigenvalue weighted by Crippen LogP contribution is 2.24. The van der Waals surface area contributed by atoms with E-state index in [2.05, 4.69) is 55.4 Å². The molecule has 0 aliphatic heterocycles. The second-order valence-electron chi connectivity index (χ2n) is 4.65. The predicted molar refractivity (Wildman–Crippen MR) is 59.5 cm³/mol. The summed E-state index contributed by atoms with van der Waals surface area (Å²) >= 11 is 0. The van der Waals surface area contributed by atoms with Gasteiger partial charge in [0.25, 0.3) is 0 Å². The van der Waals surface area contributed by atoms with Crippen molar-refractivity contribution in [1.29, 1.82) is 0 Å². The van der Waals surface area contributed by atoms with Crippen molar-refractivity contribution < 1.29 is 0 Å². The maximum Gasteiger partial charge on any atom is 0.107 e. The van der Waals surface area contributed by atoms with Crippen LogP contribution in [-0.4, -0.2) is 9.55 Å². The van der Waals surface area contributed by atoms with Gasteiger partial charge in [0.2, 0.25) is 0 Å². The van der Waals surface area contributed by atoms with E-state index in [9.17, 15) is 0 Å². The first-order chi connectivity index (χ1) is 6.50. The summed E-state index contributed by atoms with van der Waals surface area (Å²) in [5.74, 6) is 1.08. The van der Waals surface area contributed by atoms with Crippen LogP contribution in [0, 0.1) is 6.92 Å². The molecule has 0 saturated carbocycles. The fraction of sp³-hybridized carbons (Fsp3) is 0.417. The number of hydrogen-bond acceptors (Lipinski definition) is 1. The van der Waals surface area contributed by atoms with Crippen molar-refractivity contribution >= 4 is 11.0 Å². The van der Waals surface area contributed by atoms with E-state index in [1.807, 2.05) is 6.07 Å². The van der Waals surface area contributed by atoms with E-state index in [4.69, 9.17) is 0 Å². The molecule has 0 saturated heterocycles. The van der Waals surface area contributed by atoms with Crippen LogP contribution in [0.15, 0.2) is 24.3 Å². The van der Waals surface area contributed by atoms with E-state index >= 15 is 0 Å². The summed E-state index contributed by atoms with van der Waals surface area (Å²) < 4.78 is 2.28. The number of nitrogens with zero attached hydrogens (tertiary/aromatic N) is 2. The number of fused-ring (bicyclic) bond motifs is 1. The normalized spacial score (nSPS) is 12.3. The number of rotatable bonds is 0. The highest BCUT2D eigenvalue weighted by Gasteiger charge is 2.18. The highest BCUT2D eigenvalue weighted by atomic mass is 15.1. The van der Waals surface area contributed by atoms with Crippen LogP contribution in [0.5, 0.6) is 0 Å². The summed E-state index contributed by atoms with van der Waals surface area (Å²) in [6.07, 6.45) is 0. The predicted octanol–water partition coefficient (Wildman–Crippen LogP) is 3.10. The van der Waals surface area contributed by atoms with Gasteiger partial charge in [-0.2, -0.15) is 0 Å². The lowest BCUT2D eigenvalue weighted by molar-refractivity contribution is 0.400. The molecule has 0 radical (unpaired) electrons. The quantitative estimate of drug-likeness (QED) is 0.621. The Balaban J connectivity index is 2.81. The number of benzene rings is 1. The zero-order valence-electron chi connectivity index (χ0n) is 9.20. The summed E-state index contributed by atoms with van der Waals surface area (Å²) in [4.78, 5) is 4.54. The Bertz CT molecular complexity index is 461. The lowest BCUT2D eigenvalue weighted by Gasteiger charge is -2.23. The van der Waals surface area contributed by atoms with E-state index in [1.165, 1.54) is 5.52 Å². The molecule has 1 aromatic carbocycles. The van der Waals surface area contributed by atoms with Crippen molar-refractivity contribution in [2.24, 2.45) is 0 Å². The van der Waals surface area contributed by atoms with Gasteiger partial charge in [0.15, 0.2) is 0 Å². The van der Waals surface area contributed by atoms with Crippen molar-refractivity contribution in [2.75, 3.05) is 0 Å². The Labute approximate surface area is 84.6 Å². The average Bonchev–Trinajstić information content (AvgIpc) is 2.38. The van der Waals surface area contributed by atoms with Crippen molar-refractivity contribution in [3.8, 4) is 0 Å². The molecule has 2 nitrogen and oxygen atoms in total. The van der Waals surface area contributed by atoms with Gasteiger partial charge in [0.1, 0.15) is 5.82 Å². The Morgan fingerprint density at radius 2 is 1.79 bits per heavy atom. The van der Waals surface area contributed by atoms with Gasteiger partial charge in [0, 0.05) is 5.54 Å². The van der Waals surface area contributed by atoms with Crippen molar-refractivity contribution in [3.05, 3.63) is 30.1 Å². The number of hydrogen-bond donors (Lipinski definition) is 0. The molecule has 0 fully saturated rings. The zero-order chi connectivity index (χ0) is 10.3. The number of aromatic nitrogens is 2. The summed E-state index contributed by atoms with van der Waals surface area (Å²) in [7, 11) is 0. The fourth-order valence-electron chi connectivity index (χ4n) is 1.99. The summed E-state index contributed by atoms with van der Waals surface area (Å²) in [6, 6.07) is 8.28. The molecule has 0 aliphatic rings. The van der Waals surface area contributed by atoms with Gasteiger partial charge in [0.05, 0.1) is 11.0 Å². The average molecular weight is 188 g/mol. The van der Waals surface area contributed by atoms with Gasteiger partial charge in [-0.05, 0) is 39.8 Å². The molecular formula is C12H16N2. The van der Waals surface area contributed by atoms with Crippen LogP contribution >= 0.6 is 0 Å². The molecule has 0 atom stereocenters. The molecule has 74 valence electrons. The third-order valence-electron chi connectivity index (χ3n) is 2.40. The summed E-state index contributed by atoms with van der Waals surface area (Å²) in [6.45, 7) is 8.67. The molecule has 1 heterocycles. The standard InChI is InChI=1S/C12H16N2/c1-9-13-10-7-5-6-8-11(10)14(9)12(2,3)4/h5-8H,1-4H3. The molecule has 0 amide bonds. The first-order valence-electron chi connectivity index (χ1n) is 4.95. The lowest BCUT2D eigenvalue weighted by Crippen LogP contribution is -2.22. The van der Waals surface area contributed by atoms with Crippen molar-refractivity contribution in [3.63, 3.8) is 0 Å². The van der Waals surface area contributed by atoms with Crippen LogP contribution in [0.3, 0.4) is 0 Å². The maximum absolute atomic E-state index is 4.54. The summed E-state index contributed by atoms with van der Waals surface area (Å²) in [5, 5.41) is 0. The van der Waals surface area contributed by atoms with Crippen LogP contribution in [0.25, 0.3) is 11.0 Å². The van der Waals surface area contributed by atoms with Crippen LogP contribution in [-0.2, 0) is 5.54 Å². The molecule has 14 heavy (non-hydrogen) atoms. The van der Waals surface area contributed by atoms with Crippen LogP contribution < -0.4 is 0 Å². The second kappa shape index (κ2) is 2.84. The monoisotopic (exact) mass is 188 g/mol. The second-order valence-corrected chi connectivity index (χ2v) is 4.65. The van der Waals surface area contributed by atoms with Gasteiger partial charge in [-0.15, -0.1) is 0 Å². The molecule has 0 spiro atoms. The smallest absolute Gasteiger partial charge is 0.107 e. The molecule has 0 aliphatic carbocycles.